The summed E-state index contributed by atoms with van der Waals surface area (Å²) in [5, 5.41) is 3.66. The van der Waals surface area contributed by atoms with Crippen LogP contribution in [0.15, 0.2) is 18.2 Å². The second-order valence-electron chi connectivity index (χ2n) is 5.27. The largest absolute Gasteiger partial charge is 0.405 e. The summed E-state index contributed by atoms with van der Waals surface area (Å²) in [7, 11) is 1.42. The Morgan fingerprint density at radius 1 is 1.30 bits per heavy atom. The first kappa shape index (κ1) is 17.1. The van der Waals surface area contributed by atoms with Crippen LogP contribution in [0.4, 0.5) is 18.9 Å². The topological polar surface area (TPSA) is 15.3 Å². The lowest BCUT2D eigenvalue weighted by Gasteiger charge is -2.24. The van der Waals surface area contributed by atoms with Crippen LogP contribution in [-0.4, -0.2) is 26.3 Å². The predicted molar refractivity (Wildman–Crippen MR) is 77.3 cm³/mol. The maximum Gasteiger partial charge on any atom is 0.405 e. The first-order chi connectivity index (χ1) is 9.19. The maximum atomic E-state index is 12.5. The highest BCUT2D eigenvalue weighted by Gasteiger charge is 2.30. The molecule has 1 rings (SSSR count). The van der Waals surface area contributed by atoms with Crippen LogP contribution < -0.4 is 10.2 Å². The van der Waals surface area contributed by atoms with Crippen molar-refractivity contribution in [2.75, 3.05) is 25.0 Å². The third-order valence-electron chi connectivity index (χ3n) is 2.74. The van der Waals surface area contributed by atoms with Crippen LogP contribution in [0.5, 0.6) is 0 Å². The van der Waals surface area contributed by atoms with Crippen LogP contribution in [-0.2, 0) is 6.54 Å². The molecule has 20 heavy (non-hydrogen) atoms. The maximum absolute atomic E-state index is 12.5. The van der Waals surface area contributed by atoms with Crippen molar-refractivity contribution in [1.29, 1.82) is 0 Å². The summed E-state index contributed by atoms with van der Waals surface area (Å²) in [4.78, 5) is 1.18. The number of hydrogen-bond acceptors (Lipinski definition) is 2. The van der Waals surface area contributed by atoms with Crippen LogP contribution in [0.25, 0.3) is 0 Å². The number of halogens is 4. The van der Waals surface area contributed by atoms with E-state index >= 15 is 0 Å². The van der Waals surface area contributed by atoms with E-state index in [2.05, 4.69) is 19.2 Å². The molecule has 0 aromatic heterocycles. The SMILES string of the molecule is CC(C)CNCc1ccc(Cl)cc1N(C)CC(F)(F)F. The second kappa shape index (κ2) is 7.18. The molecule has 0 heterocycles. The number of nitrogens with one attached hydrogen (secondary N) is 1. The highest BCUT2D eigenvalue weighted by Crippen LogP contribution is 2.27. The molecule has 0 saturated carbocycles. The van der Waals surface area contributed by atoms with Crippen molar-refractivity contribution in [2.45, 2.75) is 26.6 Å². The van der Waals surface area contributed by atoms with Crippen molar-refractivity contribution in [3.8, 4) is 0 Å². The summed E-state index contributed by atoms with van der Waals surface area (Å²) in [6.07, 6.45) is -4.24. The van der Waals surface area contributed by atoms with Crippen molar-refractivity contribution in [2.24, 2.45) is 5.92 Å². The third kappa shape index (κ3) is 6.01. The molecule has 1 N–H and O–H groups in total. The van der Waals surface area contributed by atoms with Gasteiger partial charge in [0.05, 0.1) is 0 Å². The molecule has 0 fully saturated rings. The normalized spacial score (nSPS) is 12.0. The molecule has 0 bridgehead atoms. The molecule has 0 unspecified atom stereocenters. The van der Waals surface area contributed by atoms with Crippen molar-refractivity contribution in [1.82, 2.24) is 5.32 Å². The number of hydrogen-bond donors (Lipinski definition) is 1. The van der Waals surface area contributed by atoms with E-state index in [-0.39, 0.29) is 0 Å². The molecular formula is C14H20ClF3N2. The summed E-state index contributed by atoms with van der Waals surface area (Å²) in [5.74, 6) is 0.485. The molecule has 0 aliphatic rings. The molecule has 0 aliphatic carbocycles. The van der Waals surface area contributed by atoms with Gasteiger partial charge in [0.2, 0.25) is 0 Å². The van der Waals surface area contributed by atoms with Gasteiger partial charge in [-0.25, -0.2) is 0 Å². The molecule has 0 spiro atoms. The van der Waals surface area contributed by atoms with Gasteiger partial charge in [0.15, 0.2) is 0 Å². The number of alkyl halides is 3. The third-order valence-corrected chi connectivity index (χ3v) is 2.98. The summed E-state index contributed by atoms with van der Waals surface area (Å²) < 4.78 is 37.5. The highest BCUT2D eigenvalue weighted by molar-refractivity contribution is 6.30. The quantitative estimate of drug-likeness (QED) is 0.851. The number of nitrogens with zero attached hydrogens (tertiary/aromatic N) is 1. The Hall–Kier alpha value is -0.940. The average Bonchev–Trinajstić information content (AvgIpc) is 2.28. The number of anilines is 1. The number of rotatable bonds is 6. The zero-order valence-electron chi connectivity index (χ0n) is 11.9. The molecule has 1 aromatic carbocycles. The van der Waals surface area contributed by atoms with E-state index in [0.717, 1.165) is 12.1 Å². The highest BCUT2D eigenvalue weighted by atomic mass is 35.5. The van der Waals surface area contributed by atoms with Gasteiger partial charge in [0, 0.05) is 24.3 Å². The Bertz CT molecular complexity index is 433. The molecule has 2 nitrogen and oxygen atoms in total. The van der Waals surface area contributed by atoms with Crippen LogP contribution >= 0.6 is 11.6 Å². The van der Waals surface area contributed by atoms with Crippen molar-refractivity contribution in [3.63, 3.8) is 0 Å². The smallest absolute Gasteiger partial charge is 0.365 e. The molecule has 6 heteroatoms. The van der Waals surface area contributed by atoms with Gasteiger partial charge in [-0.05, 0) is 30.2 Å². The second-order valence-corrected chi connectivity index (χ2v) is 5.71. The van der Waals surface area contributed by atoms with Crippen LogP contribution in [0, 0.1) is 5.92 Å². The monoisotopic (exact) mass is 308 g/mol. The molecule has 1 aromatic rings. The van der Waals surface area contributed by atoms with Crippen molar-refractivity contribution < 1.29 is 13.2 Å². The molecule has 0 saturated heterocycles. The molecule has 0 atom stereocenters. The first-order valence-electron chi connectivity index (χ1n) is 6.46. The van der Waals surface area contributed by atoms with Crippen LogP contribution in [0.3, 0.4) is 0 Å². The first-order valence-corrected chi connectivity index (χ1v) is 6.84. The van der Waals surface area contributed by atoms with Gasteiger partial charge in [-0.15, -0.1) is 0 Å². The van der Waals surface area contributed by atoms with E-state index in [9.17, 15) is 13.2 Å². The van der Waals surface area contributed by atoms with Gasteiger partial charge in [0.1, 0.15) is 6.54 Å². The molecular weight excluding hydrogens is 289 g/mol. The van der Waals surface area contributed by atoms with E-state index < -0.39 is 12.7 Å². The van der Waals surface area contributed by atoms with Gasteiger partial charge >= 0.3 is 6.18 Å². The molecule has 0 radical (unpaired) electrons. The summed E-state index contributed by atoms with van der Waals surface area (Å²) >= 11 is 5.89. The van der Waals surface area contributed by atoms with E-state index in [4.69, 9.17) is 11.6 Å². The van der Waals surface area contributed by atoms with Crippen LogP contribution in [0.2, 0.25) is 5.02 Å². The Kier molecular flexibility index (Phi) is 6.14. The standard InChI is InChI=1S/C14H20ClF3N2/c1-10(2)7-19-8-11-4-5-12(15)6-13(11)20(3)9-14(16,17)18/h4-6,10,19H,7-9H2,1-3H3. The Morgan fingerprint density at radius 3 is 2.50 bits per heavy atom. The minimum absolute atomic E-state index is 0.432. The fraction of sp³-hybridized carbons (Fsp3) is 0.571. The zero-order chi connectivity index (χ0) is 15.3. The lowest BCUT2D eigenvalue weighted by atomic mass is 10.1. The minimum atomic E-state index is -4.24. The Balaban J connectivity index is 2.84. The fourth-order valence-corrected chi connectivity index (χ4v) is 2.06. The molecule has 0 amide bonds. The van der Waals surface area contributed by atoms with Crippen LogP contribution in [0.1, 0.15) is 19.4 Å². The summed E-state index contributed by atoms with van der Waals surface area (Å²) in [5.41, 5.74) is 1.31. The lowest BCUT2D eigenvalue weighted by molar-refractivity contribution is -0.119. The van der Waals surface area contributed by atoms with Gasteiger partial charge in [-0.3, -0.25) is 0 Å². The van der Waals surface area contributed by atoms with Crippen molar-refractivity contribution in [3.05, 3.63) is 28.8 Å². The Labute approximate surface area is 122 Å². The van der Waals surface area contributed by atoms with E-state index in [1.54, 1.807) is 18.2 Å². The minimum Gasteiger partial charge on any atom is -0.365 e. The predicted octanol–water partition coefficient (Wildman–Crippen LogP) is 4.08. The van der Waals surface area contributed by atoms with E-state index in [1.807, 2.05) is 0 Å². The van der Waals surface area contributed by atoms with Gasteiger partial charge < -0.3 is 10.2 Å². The van der Waals surface area contributed by atoms with Gasteiger partial charge in [-0.2, -0.15) is 13.2 Å². The van der Waals surface area contributed by atoms with Gasteiger partial charge in [0.25, 0.3) is 0 Å². The average molecular weight is 309 g/mol. The van der Waals surface area contributed by atoms with E-state index in [1.165, 1.54) is 11.9 Å². The van der Waals surface area contributed by atoms with E-state index in [0.29, 0.717) is 23.2 Å². The zero-order valence-corrected chi connectivity index (χ0v) is 12.6. The fourth-order valence-electron chi connectivity index (χ4n) is 1.89. The van der Waals surface area contributed by atoms with Gasteiger partial charge in [-0.1, -0.05) is 31.5 Å². The number of benzene rings is 1. The Morgan fingerprint density at radius 2 is 1.95 bits per heavy atom. The summed E-state index contributed by atoms with van der Waals surface area (Å²) in [6.45, 7) is 4.49. The molecule has 114 valence electrons. The summed E-state index contributed by atoms with van der Waals surface area (Å²) in [6, 6.07) is 5.02. The van der Waals surface area contributed by atoms with Crippen molar-refractivity contribution >= 4 is 17.3 Å². The molecule has 0 aliphatic heterocycles. The lowest BCUT2D eigenvalue weighted by Crippen LogP contribution is -2.32.